The van der Waals surface area contributed by atoms with E-state index >= 15 is 0 Å². The number of hydrogen-bond donors (Lipinski definition) is 1. The van der Waals surface area contributed by atoms with Gasteiger partial charge in [-0.05, 0) is 17.7 Å². The molecule has 17 heavy (non-hydrogen) atoms. The van der Waals surface area contributed by atoms with Gasteiger partial charge in [0.1, 0.15) is 11.6 Å². The van der Waals surface area contributed by atoms with Crippen LogP contribution in [0, 0.1) is 0 Å². The van der Waals surface area contributed by atoms with Gasteiger partial charge < -0.3 is 10.5 Å². The second-order valence-electron chi connectivity index (χ2n) is 3.74. The zero-order chi connectivity index (χ0) is 12.1. The lowest BCUT2D eigenvalue weighted by molar-refractivity contribution is 0.414. The predicted molar refractivity (Wildman–Crippen MR) is 65.7 cm³/mol. The van der Waals surface area contributed by atoms with Crippen molar-refractivity contribution in [2.75, 3.05) is 7.11 Å². The maximum atomic E-state index is 5.49. The molecule has 1 aromatic carbocycles. The van der Waals surface area contributed by atoms with Crippen molar-refractivity contribution in [2.45, 2.75) is 13.0 Å². The first-order valence-corrected chi connectivity index (χ1v) is 5.44. The van der Waals surface area contributed by atoms with Gasteiger partial charge in [-0.1, -0.05) is 12.1 Å². The Kier molecular flexibility index (Phi) is 3.67. The summed E-state index contributed by atoms with van der Waals surface area (Å²) in [6.07, 6.45) is 4.26. The van der Waals surface area contributed by atoms with E-state index in [1.165, 1.54) is 0 Å². The molecular formula is C13H15N3O. The Labute approximate surface area is 100 Å². The number of aromatic nitrogens is 2. The van der Waals surface area contributed by atoms with Crippen molar-refractivity contribution < 1.29 is 4.74 Å². The maximum Gasteiger partial charge on any atom is 0.132 e. The smallest absolute Gasteiger partial charge is 0.132 e. The molecule has 4 nitrogen and oxygen atoms in total. The van der Waals surface area contributed by atoms with Crippen molar-refractivity contribution in [1.82, 2.24) is 9.97 Å². The van der Waals surface area contributed by atoms with Crippen LogP contribution in [0.15, 0.2) is 36.7 Å². The molecule has 0 bridgehead atoms. The number of nitrogens with zero attached hydrogens (tertiary/aromatic N) is 2. The molecule has 0 fully saturated rings. The quantitative estimate of drug-likeness (QED) is 0.863. The van der Waals surface area contributed by atoms with E-state index in [0.29, 0.717) is 6.54 Å². The fourth-order valence-corrected chi connectivity index (χ4v) is 1.50. The van der Waals surface area contributed by atoms with Gasteiger partial charge in [0.05, 0.1) is 7.11 Å². The summed E-state index contributed by atoms with van der Waals surface area (Å²) in [5.74, 6) is 1.65. The molecule has 2 aromatic rings. The summed E-state index contributed by atoms with van der Waals surface area (Å²) in [6.45, 7) is 0.475. The minimum atomic E-state index is 0.475. The zero-order valence-corrected chi connectivity index (χ0v) is 9.76. The molecule has 4 heteroatoms. The van der Waals surface area contributed by atoms with Gasteiger partial charge in [0, 0.05) is 30.9 Å². The highest BCUT2D eigenvalue weighted by Crippen LogP contribution is 2.13. The Bertz CT molecular complexity index is 420. The predicted octanol–water partition coefficient (Wildman–Crippen LogP) is 1.53. The molecular weight excluding hydrogens is 214 g/mol. The second-order valence-corrected chi connectivity index (χ2v) is 3.74. The number of ether oxygens (including phenoxy) is 1. The van der Waals surface area contributed by atoms with Crippen LogP contribution < -0.4 is 10.5 Å². The fourth-order valence-electron chi connectivity index (χ4n) is 1.50. The Morgan fingerprint density at radius 3 is 2.24 bits per heavy atom. The average molecular weight is 229 g/mol. The van der Waals surface area contributed by atoms with Gasteiger partial charge in [0.2, 0.25) is 0 Å². The summed E-state index contributed by atoms with van der Waals surface area (Å²) < 4.78 is 5.10. The SMILES string of the molecule is COc1ccc(Cc2ncc(CN)cn2)cc1. The molecule has 1 aromatic heterocycles. The number of rotatable bonds is 4. The van der Waals surface area contributed by atoms with Crippen LogP contribution in [0.3, 0.4) is 0 Å². The average Bonchev–Trinajstić information content (AvgIpc) is 2.40. The van der Waals surface area contributed by atoms with Crippen molar-refractivity contribution in [2.24, 2.45) is 5.73 Å². The second kappa shape index (κ2) is 5.41. The van der Waals surface area contributed by atoms with Crippen LogP contribution in [0.1, 0.15) is 17.0 Å². The van der Waals surface area contributed by atoms with E-state index in [0.717, 1.165) is 29.1 Å². The zero-order valence-electron chi connectivity index (χ0n) is 9.76. The first-order chi connectivity index (χ1) is 8.31. The standard InChI is InChI=1S/C13H15N3O/c1-17-12-4-2-10(3-5-12)6-13-15-8-11(7-14)9-16-13/h2-5,8-9H,6-7,14H2,1H3. The molecule has 0 unspecified atom stereocenters. The van der Waals surface area contributed by atoms with Crippen molar-refractivity contribution in [3.8, 4) is 5.75 Å². The summed E-state index contributed by atoms with van der Waals surface area (Å²) in [6, 6.07) is 7.89. The van der Waals surface area contributed by atoms with Crippen LogP contribution >= 0.6 is 0 Å². The summed E-state index contributed by atoms with van der Waals surface area (Å²) in [4.78, 5) is 8.53. The van der Waals surface area contributed by atoms with Crippen LogP contribution in [-0.4, -0.2) is 17.1 Å². The number of benzene rings is 1. The van der Waals surface area contributed by atoms with E-state index in [-0.39, 0.29) is 0 Å². The van der Waals surface area contributed by atoms with Gasteiger partial charge >= 0.3 is 0 Å². The molecule has 0 amide bonds. The minimum absolute atomic E-state index is 0.475. The highest BCUT2D eigenvalue weighted by Gasteiger charge is 2.00. The molecule has 0 saturated heterocycles. The van der Waals surface area contributed by atoms with Crippen LogP contribution in [0.25, 0.3) is 0 Å². The normalized spacial score (nSPS) is 10.2. The third-order valence-electron chi connectivity index (χ3n) is 2.52. The van der Waals surface area contributed by atoms with Crippen molar-refractivity contribution >= 4 is 0 Å². The highest BCUT2D eigenvalue weighted by atomic mass is 16.5. The van der Waals surface area contributed by atoms with Crippen molar-refractivity contribution in [1.29, 1.82) is 0 Å². The Balaban J connectivity index is 2.08. The fraction of sp³-hybridized carbons (Fsp3) is 0.231. The van der Waals surface area contributed by atoms with E-state index < -0.39 is 0 Å². The molecule has 0 radical (unpaired) electrons. The van der Waals surface area contributed by atoms with E-state index in [9.17, 15) is 0 Å². The number of hydrogen-bond acceptors (Lipinski definition) is 4. The van der Waals surface area contributed by atoms with Gasteiger partial charge in [-0.15, -0.1) is 0 Å². The molecule has 88 valence electrons. The monoisotopic (exact) mass is 229 g/mol. The van der Waals surface area contributed by atoms with E-state index in [1.807, 2.05) is 24.3 Å². The van der Waals surface area contributed by atoms with Gasteiger partial charge in [0.25, 0.3) is 0 Å². The maximum absolute atomic E-state index is 5.49. The van der Waals surface area contributed by atoms with Gasteiger partial charge in [-0.25, -0.2) is 9.97 Å². The Morgan fingerprint density at radius 1 is 1.06 bits per heavy atom. The van der Waals surface area contributed by atoms with Gasteiger partial charge in [0.15, 0.2) is 0 Å². The lowest BCUT2D eigenvalue weighted by atomic mass is 10.1. The van der Waals surface area contributed by atoms with Crippen LogP contribution in [-0.2, 0) is 13.0 Å². The third kappa shape index (κ3) is 3.01. The van der Waals surface area contributed by atoms with E-state index in [4.69, 9.17) is 10.5 Å². The summed E-state index contributed by atoms with van der Waals surface area (Å²) >= 11 is 0. The van der Waals surface area contributed by atoms with Gasteiger partial charge in [-0.2, -0.15) is 0 Å². The molecule has 0 aliphatic rings. The molecule has 2 N–H and O–H groups in total. The highest BCUT2D eigenvalue weighted by molar-refractivity contribution is 5.28. The third-order valence-corrected chi connectivity index (χ3v) is 2.52. The van der Waals surface area contributed by atoms with Crippen LogP contribution in [0.4, 0.5) is 0 Å². The van der Waals surface area contributed by atoms with Gasteiger partial charge in [-0.3, -0.25) is 0 Å². The molecule has 0 saturated carbocycles. The lowest BCUT2D eigenvalue weighted by Crippen LogP contribution is -2.01. The van der Waals surface area contributed by atoms with Crippen molar-refractivity contribution in [3.05, 3.63) is 53.6 Å². The summed E-state index contributed by atoms with van der Waals surface area (Å²) in [7, 11) is 1.66. The van der Waals surface area contributed by atoms with Crippen molar-refractivity contribution in [3.63, 3.8) is 0 Å². The number of methoxy groups -OCH3 is 1. The Morgan fingerprint density at radius 2 is 1.71 bits per heavy atom. The first-order valence-electron chi connectivity index (χ1n) is 5.44. The first kappa shape index (κ1) is 11.5. The van der Waals surface area contributed by atoms with Crippen LogP contribution in [0.2, 0.25) is 0 Å². The number of nitrogens with two attached hydrogens (primary N) is 1. The van der Waals surface area contributed by atoms with Crippen LogP contribution in [0.5, 0.6) is 5.75 Å². The summed E-state index contributed by atoms with van der Waals surface area (Å²) in [5.41, 5.74) is 7.60. The molecule has 2 rings (SSSR count). The Hall–Kier alpha value is -1.94. The molecule has 0 aliphatic heterocycles. The minimum Gasteiger partial charge on any atom is -0.497 e. The lowest BCUT2D eigenvalue weighted by Gasteiger charge is -2.03. The summed E-state index contributed by atoms with van der Waals surface area (Å²) in [5, 5.41) is 0. The molecule has 0 spiro atoms. The van der Waals surface area contributed by atoms with E-state index in [2.05, 4.69) is 9.97 Å². The van der Waals surface area contributed by atoms with E-state index in [1.54, 1.807) is 19.5 Å². The topological polar surface area (TPSA) is 61.0 Å². The molecule has 0 aliphatic carbocycles. The molecule has 0 atom stereocenters. The largest absolute Gasteiger partial charge is 0.497 e. The molecule has 1 heterocycles.